The van der Waals surface area contributed by atoms with Crippen LogP contribution in [0.15, 0.2) is 42.7 Å². The van der Waals surface area contributed by atoms with Gasteiger partial charge in [-0.25, -0.2) is 0 Å². The normalized spacial score (nSPS) is 17.5. The highest BCUT2D eigenvalue weighted by Crippen LogP contribution is 2.36. The molecule has 0 amide bonds. The van der Waals surface area contributed by atoms with E-state index in [0.29, 0.717) is 46.2 Å². The average Bonchev–Trinajstić information content (AvgIpc) is 3.26. The molecule has 0 bridgehead atoms. The molecule has 0 saturated carbocycles. The Hall–Kier alpha value is -1.71. The maximum absolute atomic E-state index is 6.05. The largest absolute Gasteiger partial charge is 0.498 e. The van der Waals surface area contributed by atoms with Gasteiger partial charge in [-0.1, -0.05) is 30.3 Å². The summed E-state index contributed by atoms with van der Waals surface area (Å²) in [7, 11) is -0.387. The van der Waals surface area contributed by atoms with Gasteiger partial charge in [0.25, 0.3) is 0 Å². The van der Waals surface area contributed by atoms with Crippen LogP contribution in [0.25, 0.3) is 0 Å². The Labute approximate surface area is 179 Å². The monoisotopic (exact) mass is 416 g/mol. The second-order valence-electron chi connectivity index (χ2n) is 8.39. The standard InChI is InChI=1S/C22H33BN2O5/c1-21(2)22(3,4)30-23(29-21)20-16-24-25(17-20)10-11-26-12-13-27-14-15-28-18-19-8-6-5-7-9-19/h5-9,16-17H,10-15,18H2,1-4H3. The Balaban J connectivity index is 1.22. The quantitative estimate of drug-likeness (QED) is 0.391. The molecule has 0 N–H and O–H groups in total. The first-order valence-electron chi connectivity index (χ1n) is 10.5. The summed E-state index contributed by atoms with van der Waals surface area (Å²) in [4.78, 5) is 0. The van der Waals surface area contributed by atoms with Gasteiger partial charge in [-0.3, -0.25) is 4.68 Å². The summed E-state index contributed by atoms with van der Waals surface area (Å²) in [5.41, 5.74) is 1.39. The van der Waals surface area contributed by atoms with Gasteiger partial charge >= 0.3 is 7.12 Å². The van der Waals surface area contributed by atoms with Crippen molar-refractivity contribution >= 4 is 12.6 Å². The van der Waals surface area contributed by atoms with Crippen molar-refractivity contribution in [3.05, 3.63) is 48.3 Å². The maximum Gasteiger partial charge on any atom is 0.498 e. The van der Waals surface area contributed by atoms with Crippen LogP contribution in [0.5, 0.6) is 0 Å². The van der Waals surface area contributed by atoms with Crippen LogP contribution in [0.4, 0.5) is 0 Å². The number of nitrogens with zero attached hydrogens (tertiary/aromatic N) is 2. The molecule has 1 saturated heterocycles. The van der Waals surface area contributed by atoms with Gasteiger partial charge in [0.05, 0.1) is 57.4 Å². The third-order valence-corrected chi connectivity index (χ3v) is 5.50. The third kappa shape index (κ3) is 6.39. The second kappa shape index (κ2) is 10.5. The van der Waals surface area contributed by atoms with Crippen molar-refractivity contribution in [1.82, 2.24) is 9.78 Å². The van der Waals surface area contributed by atoms with Gasteiger partial charge in [-0.05, 0) is 33.3 Å². The fourth-order valence-corrected chi connectivity index (χ4v) is 2.96. The molecule has 1 aliphatic rings. The van der Waals surface area contributed by atoms with E-state index in [4.69, 9.17) is 23.5 Å². The van der Waals surface area contributed by atoms with E-state index in [2.05, 4.69) is 5.10 Å². The minimum atomic E-state index is -0.387. The van der Waals surface area contributed by atoms with Crippen molar-refractivity contribution in [3.8, 4) is 0 Å². The van der Waals surface area contributed by atoms with Gasteiger partial charge in [0.15, 0.2) is 0 Å². The van der Waals surface area contributed by atoms with Gasteiger partial charge in [0.2, 0.25) is 0 Å². The number of hydrogen-bond donors (Lipinski definition) is 0. The first-order valence-corrected chi connectivity index (χ1v) is 10.5. The SMILES string of the molecule is CC1(C)OB(c2cnn(CCOCCOCCOCc3ccccc3)c2)OC1(C)C. The lowest BCUT2D eigenvalue weighted by molar-refractivity contribution is 0.00578. The molecule has 0 spiro atoms. The van der Waals surface area contributed by atoms with Gasteiger partial charge in [-0.2, -0.15) is 5.10 Å². The summed E-state index contributed by atoms with van der Waals surface area (Å²) in [6.07, 6.45) is 3.74. The van der Waals surface area contributed by atoms with Crippen LogP contribution in [0.2, 0.25) is 0 Å². The van der Waals surface area contributed by atoms with Crippen LogP contribution in [0.3, 0.4) is 0 Å². The Kier molecular flexibility index (Phi) is 8.08. The van der Waals surface area contributed by atoms with Gasteiger partial charge in [0, 0.05) is 17.9 Å². The van der Waals surface area contributed by atoms with Crippen molar-refractivity contribution < 1.29 is 23.5 Å². The highest BCUT2D eigenvalue weighted by molar-refractivity contribution is 6.61. The molecule has 0 aliphatic carbocycles. The minimum Gasteiger partial charge on any atom is -0.399 e. The minimum absolute atomic E-state index is 0.352. The van der Waals surface area contributed by atoms with Crippen LogP contribution < -0.4 is 5.46 Å². The van der Waals surface area contributed by atoms with E-state index in [1.165, 1.54) is 5.56 Å². The molecule has 2 heterocycles. The highest BCUT2D eigenvalue weighted by atomic mass is 16.7. The smallest absolute Gasteiger partial charge is 0.399 e. The number of aromatic nitrogens is 2. The number of benzene rings is 1. The summed E-state index contributed by atoms with van der Waals surface area (Å²) in [5, 5.41) is 4.38. The van der Waals surface area contributed by atoms with E-state index in [9.17, 15) is 0 Å². The molecular weight excluding hydrogens is 383 g/mol. The average molecular weight is 416 g/mol. The molecule has 2 aromatic rings. The zero-order valence-electron chi connectivity index (χ0n) is 18.5. The van der Waals surface area contributed by atoms with Crippen molar-refractivity contribution in [3.63, 3.8) is 0 Å². The van der Waals surface area contributed by atoms with E-state index in [1.54, 1.807) is 6.20 Å². The zero-order chi connectivity index (χ0) is 21.5. The molecule has 8 heteroatoms. The van der Waals surface area contributed by atoms with E-state index in [0.717, 1.165) is 5.46 Å². The van der Waals surface area contributed by atoms with E-state index in [1.807, 2.05) is 68.9 Å². The highest BCUT2D eigenvalue weighted by Gasteiger charge is 2.52. The third-order valence-electron chi connectivity index (χ3n) is 5.50. The van der Waals surface area contributed by atoms with Crippen LogP contribution in [-0.4, -0.2) is 61.1 Å². The molecule has 7 nitrogen and oxygen atoms in total. The first kappa shape index (κ1) is 23.0. The lowest BCUT2D eigenvalue weighted by Gasteiger charge is -2.32. The summed E-state index contributed by atoms with van der Waals surface area (Å²) in [6, 6.07) is 10.1. The molecule has 0 radical (unpaired) electrons. The Morgan fingerprint density at radius 2 is 1.47 bits per heavy atom. The number of rotatable bonds is 12. The van der Waals surface area contributed by atoms with Crippen molar-refractivity contribution in [1.29, 1.82) is 0 Å². The van der Waals surface area contributed by atoms with Crippen LogP contribution in [-0.2, 0) is 36.7 Å². The van der Waals surface area contributed by atoms with Crippen molar-refractivity contribution in [2.45, 2.75) is 52.0 Å². The predicted molar refractivity (Wildman–Crippen MR) is 116 cm³/mol. The summed E-state index contributed by atoms with van der Waals surface area (Å²) < 4.78 is 30.7. The summed E-state index contributed by atoms with van der Waals surface area (Å²) >= 11 is 0. The van der Waals surface area contributed by atoms with E-state index >= 15 is 0 Å². The lowest BCUT2D eigenvalue weighted by atomic mass is 9.82. The lowest BCUT2D eigenvalue weighted by Crippen LogP contribution is -2.41. The van der Waals surface area contributed by atoms with Gasteiger partial charge in [-0.15, -0.1) is 0 Å². The predicted octanol–water partition coefficient (Wildman–Crippen LogP) is 2.43. The molecule has 1 fully saturated rings. The van der Waals surface area contributed by atoms with Crippen molar-refractivity contribution in [2.24, 2.45) is 0 Å². The Morgan fingerprint density at radius 3 is 2.13 bits per heavy atom. The first-order chi connectivity index (χ1) is 14.4. The van der Waals surface area contributed by atoms with Crippen LogP contribution in [0, 0.1) is 0 Å². The fourth-order valence-electron chi connectivity index (χ4n) is 2.96. The van der Waals surface area contributed by atoms with Crippen molar-refractivity contribution in [2.75, 3.05) is 33.0 Å². The Morgan fingerprint density at radius 1 is 0.867 bits per heavy atom. The molecule has 1 aromatic carbocycles. The number of hydrogen-bond acceptors (Lipinski definition) is 6. The zero-order valence-corrected chi connectivity index (χ0v) is 18.5. The topological polar surface area (TPSA) is 64.0 Å². The fraction of sp³-hybridized carbons (Fsp3) is 0.591. The summed E-state index contributed by atoms with van der Waals surface area (Å²) in [5.74, 6) is 0. The van der Waals surface area contributed by atoms with Crippen LogP contribution >= 0.6 is 0 Å². The molecule has 164 valence electrons. The van der Waals surface area contributed by atoms with E-state index in [-0.39, 0.29) is 18.3 Å². The molecule has 1 aliphatic heterocycles. The Bertz CT molecular complexity index is 750. The second-order valence-corrected chi connectivity index (χ2v) is 8.39. The maximum atomic E-state index is 6.05. The summed E-state index contributed by atoms with van der Waals surface area (Å²) in [6.45, 7) is 12.3. The van der Waals surface area contributed by atoms with Gasteiger partial charge in [0.1, 0.15) is 0 Å². The van der Waals surface area contributed by atoms with E-state index < -0.39 is 0 Å². The molecular formula is C22H33BN2O5. The molecule has 0 atom stereocenters. The van der Waals surface area contributed by atoms with Crippen LogP contribution in [0.1, 0.15) is 33.3 Å². The molecule has 1 aromatic heterocycles. The van der Waals surface area contributed by atoms with Gasteiger partial charge < -0.3 is 23.5 Å². The molecule has 3 rings (SSSR count). The molecule has 30 heavy (non-hydrogen) atoms. The molecule has 0 unspecified atom stereocenters. The number of ether oxygens (including phenoxy) is 3.